The molecule has 0 aromatic carbocycles. The Morgan fingerprint density at radius 2 is 0.759 bits per heavy atom. The fraction of sp³-hybridized carbons (Fsp3) is 0.897. The molecule has 1 amide bonds. The normalized spacial score (nSPS) is 19.5. The topological polar surface area (TPSA) is 189 Å². The van der Waals surface area contributed by atoms with Gasteiger partial charge in [-0.2, -0.15) is 0 Å². The minimum Gasteiger partial charge on any atom is -0.394 e. The van der Waals surface area contributed by atoms with E-state index in [0.717, 1.165) is 38.5 Å². The number of carbonyl (C=O) groups excluding carboxylic acids is 1. The van der Waals surface area contributed by atoms with Crippen molar-refractivity contribution in [2.75, 3.05) is 13.2 Å². The van der Waals surface area contributed by atoms with Crippen molar-refractivity contribution in [2.24, 2.45) is 0 Å². The SMILES string of the molecule is CCCCCCCCCCCCCC/C=C\CCCCCCCCCCCC(O)C(=O)NC(COC1OC(CO)C(O)C(O)C1O)C(O)C(O)CCC/C=C/CC/C=C/CCCCCCCCCCCCCCCCCCCC. The zero-order valence-corrected chi connectivity index (χ0v) is 51.4. The first kappa shape index (κ1) is 75.3. The second-order valence-corrected chi connectivity index (χ2v) is 23.9. The summed E-state index contributed by atoms with van der Waals surface area (Å²) in [6.07, 6.45) is 60.8. The largest absolute Gasteiger partial charge is 0.394 e. The quantitative estimate of drug-likeness (QED) is 0.0215. The lowest BCUT2D eigenvalue weighted by molar-refractivity contribution is -0.303. The van der Waals surface area contributed by atoms with Crippen LogP contribution in [0.3, 0.4) is 0 Å². The highest BCUT2D eigenvalue weighted by Gasteiger charge is 2.44. The fourth-order valence-corrected chi connectivity index (χ4v) is 10.9. The van der Waals surface area contributed by atoms with Gasteiger partial charge in [0.1, 0.15) is 36.6 Å². The van der Waals surface area contributed by atoms with Gasteiger partial charge >= 0.3 is 0 Å². The van der Waals surface area contributed by atoms with Crippen LogP contribution < -0.4 is 5.32 Å². The van der Waals surface area contributed by atoms with E-state index in [4.69, 9.17) is 9.47 Å². The van der Waals surface area contributed by atoms with Crippen molar-refractivity contribution in [3.8, 4) is 0 Å². The molecule has 79 heavy (non-hydrogen) atoms. The molecule has 0 aromatic heterocycles. The lowest BCUT2D eigenvalue weighted by Gasteiger charge is -2.40. The molecule has 0 spiro atoms. The Bertz CT molecular complexity index is 1380. The zero-order chi connectivity index (χ0) is 57.5. The van der Waals surface area contributed by atoms with E-state index in [1.165, 1.54) is 238 Å². The standard InChI is InChI=1S/C68H129NO10/c1-3-5-7-9-11-13-15-17-19-21-23-25-27-29-30-32-33-35-37-39-41-43-45-47-49-51-53-55-60(71)63(73)59(58-78-68-66(76)65(75)64(74)62(57-70)79-68)69-67(77)61(72)56-54-52-50-48-46-44-42-40-38-36-34-31-28-26-24-22-20-18-16-14-12-10-8-6-4-2/h31,34,39,41,47,49,59-66,68,70-76H,3-30,32-33,35-38,40,42-46,48,50-58H2,1-2H3,(H,69,77)/b34-31-,41-39+,49-47+. The molecule has 0 bridgehead atoms. The minimum atomic E-state index is -1.67. The molecule has 8 N–H and O–H groups in total. The van der Waals surface area contributed by atoms with Crippen LogP contribution in [0.25, 0.3) is 0 Å². The van der Waals surface area contributed by atoms with Crippen molar-refractivity contribution >= 4 is 5.91 Å². The molecule has 0 radical (unpaired) electrons. The number of allylic oxidation sites excluding steroid dienone is 6. The molecule has 0 aliphatic carbocycles. The Labute approximate surface area is 486 Å². The van der Waals surface area contributed by atoms with Gasteiger partial charge in [0, 0.05) is 0 Å². The van der Waals surface area contributed by atoms with Crippen LogP contribution in [0, 0.1) is 0 Å². The fourth-order valence-electron chi connectivity index (χ4n) is 10.9. The lowest BCUT2D eigenvalue weighted by atomic mass is 9.98. The molecule has 1 aliphatic heterocycles. The van der Waals surface area contributed by atoms with Crippen LogP contribution in [0.4, 0.5) is 0 Å². The van der Waals surface area contributed by atoms with Gasteiger partial charge in [0.25, 0.3) is 0 Å². The Morgan fingerprint density at radius 3 is 1.13 bits per heavy atom. The number of nitrogens with one attached hydrogen (secondary N) is 1. The monoisotopic (exact) mass is 1120 g/mol. The van der Waals surface area contributed by atoms with Crippen molar-refractivity contribution < 1.29 is 50.0 Å². The Balaban J connectivity index is 2.26. The summed E-state index contributed by atoms with van der Waals surface area (Å²) in [6.45, 7) is 3.48. The van der Waals surface area contributed by atoms with Crippen LogP contribution in [-0.4, -0.2) is 110 Å². The number of aliphatic hydroxyl groups excluding tert-OH is 7. The van der Waals surface area contributed by atoms with E-state index in [0.29, 0.717) is 19.3 Å². The molecule has 11 nitrogen and oxygen atoms in total. The van der Waals surface area contributed by atoms with Gasteiger partial charge in [0.05, 0.1) is 25.4 Å². The van der Waals surface area contributed by atoms with Gasteiger partial charge in [0.15, 0.2) is 6.29 Å². The van der Waals surface area contributed by atoms with E-state index in [2.05, 4.69) is 55.6 Å². The number of aliphatic hydroxyl groups is 7. The number of unbranched alkanes of at least 4 members (excludes halogenated alkanes) is 41. The van der Waals surface area contributed by atoms with E-state index in [1.807, 2.05) is 0 Å². The first-order chi connectivity index (χ1) is 38.7. The predicted octanol–water partition coefficient (Wildman–Crippen LogP) is 15.8. The van der Waals surface area contributed by atoms with Gasteiger partial charge < -0.3 is 50.5 Å². The maximum Gasteiger partial charge on any atom is 0.249 e. The highest BCUT2D eigenvalue weighted by molar-refractivity contribution is 5.80. The molecule has 466 valence electrons. The molecule has 1 aliphatic rings. The van der Waals surface area contributed by atoms with Gasteiger partial charge in [-0.3, -0.25) is 4.79 Å². The molecule has 9 atom stereocenters. The van der Waals surface area contributed by atoms with Crippen LogP contribution in [0.2, 0.25) is 0 Å². The average Bonchev–Trinajstić information content (AvgIpc) is 3.46. The highest BCUT2D eigenvalue weighted by atomic mass is 16.7. The second kappa shape index (κ2) is 56.8. The Morgan fingerprint density at radius 1 is 0.430 bits per heavy atom. The van der Waals surface area contributed by atoms with Gasteiger partial charge in [-0.15, -0.1) is 0 Å². The van der Waals surface area contributed by atoms with E-state index in [-0.39, 0.29) is 12.8 Å². The van der Waals surface area contributed by atoms with Crippen LogP contribution >= 0.6 is 0 Å². The summed E-state index contributed by atoms with van der Waals surface area (Å²) in [5.74, 6) is -0.708. The van der Waals surface area contributed by atoms with E-state index in [9.17, 15) is 40.5 Å². The smallest absolute Gasteiger partial charge is 0.249 e. The molecule has 1 saturated heterocycles. The van der Waals surface area contributed by atoms with Crippen molar-refractivity contribution in [1.29, 1.82) is 0 Å². The van der Waals surface area contributed by atoms with Crippen LogP contribution in [-0.2, 0) is 14.3 Å². The number of amides is 1. The molecule has 9 unspecified atom stereocenters. The maximum atomic E-state index is 13.2. The summed E-state index contributed by atoms with van der Waals surface area (Å²) in [5.41, 5.74) is 0. The third-order valence-corrected chi connectivity index (χ3v) is 16.4. The Kier molecular flexibility index (Phi) is 54.2. The maximum absolute atomic E-state index is 13.2. The molecule has 1 rings (SSSR count). The Hall–Kier alpha value is -1.67. The second-order valence-electron chi connectivity index (χ2n) is 23.9. The van der Waals surface area contributed by atoms with Crippen molar-refractivity contribution in [2.45, 2.75) is 377 Å². The average molecular weight is 1120 g/mol. The number of rotatable bonds is 59. The zero-order valence-electron chi connectivity index (χ0n) is 51.4. The molecule has 1 fully saturated rings. The summed E-state index contributed by atoms with van der Waals surface area (Å²) in [4.78, 5) is 13.2. The van der Waals surface area contributed by atoms with E-state index in [1.54, 1.807) is 0 Å². The van der Waals surface area contributed by atoms with Crippen molar-refractivity contribution in [3.05, 3.63) is 36.5 Å². The molecular weight excluding hydrogens is 991 g/mol. The van der Waals surface area contributed by atoms with Crippen molar-refractivity contribution in [1.82, 2.24) is 5.32 Å². The summed E-state index contributed by atoms with van der Waals surface area (Å²) >= 11 is 0. The number of carbonyl (C=O) groups is 1. The van der Waals surface area contributed by atoms with Gasteiger partial charge in [-0.25, -0.2) is 0 Å². The summed E-state index contributed by atoms with van der Waals surface area (Å²) < 4.78 is 11.2. The van der Waals surface area contributed by atoms with Crippen LogP contribution in [0.5, 0.6) is 0 Å². The van der Waals surface area contributed by atoms with Crippen LogP contribution in [0.1, 0.15) is 322 Å². The third kappa shape index (κ3) is 44.5. The lowest BCUT2D eigenvalue weighted by Crippen LogP contribution is -2.60. The molecule has 0 saturated carbocycles. The first-order valence-electron chi connectivity index (χ1n) is 33.9. The predicted molar refractivity (Wildman–Crippen MR) is 330 cm³/mol. The van der Waals surface area contributed by atoms with E-state index < -0.39 is 74.2 Å². The molecule has 0 aromatic rings. The third-order valence-electron chi connectivity index (χ3n) is 16.4. The van der Waals surface area contributed by atoms with Gasteiger partial charge in [-0.05, 0) is 77.0 Å². The number of ether oxygens (including phenoxy) is 2. The minimum absolute atomic E-state index is 0.247. The summed E-state index contributed by atoms with van der Waals surface area (Å²) in [7, 11) is 0. The molecule has 11 heteroatoms. The highest BCUT2D eigenvalue weighted by Crippen LogP contribution is 2.24. The van der Waals surface area contributed by atoms with E-state index >= 15 is 0 Å². The molecular formula is C68H129NO10. The first-order valence-corrected chi connectivity index (χ1v) is 33.9. The van der Waals surface area contributed by atoms with Crippen LogP contribution in [0.15, 0.2) is 36.5 Å². The molecule has 1 heterocycles. The summed E-state index contributed by atoms with van der Waals surface area (Å²) in [6, 6.07) is -1.19. The van der Waals surface area contributed by atoms with Gasteiger partial charge in [0.2, 0.25) is 5.91 Å². The van der Waals surface area contributed by atoms with Crippen molar-refractivity contribution in [3.63, 3.8) is 0 Å². The number of hydrogen-bond donors (Lipinski definition) is 8. The summed E-state index contributed by atoms with van der Waals surface area (Å²) in [5, 5.41) is 76.4. The van der Waals surface area contributed by atoms with Gasteiger partial charge in [-0.1, -0.05) is 281 Å². The number of hydrogen-bond acceptors (Lipinski definition) is 10.